The maximum absolute atomic E-state index is 12.3. The fraction of sp³-hybridized carbons (Fsp3) is 1.00. The van der Waals surface area contributed by atoms with Crippen molar-refractivity contribution < 1.29 is 13.2 Å². The lowest BCUT2D eigenvalue weighted by Crippen LogP contribution is -2.33. The van der Waals surface area contributed by atoms with E-state index in [1.807, 2.05) is 0 Å². The van der Waals surface area contributed by atoms with Gasteiger partial charge in [0.1, 0.15) is 0 Å². The fourth-order valence-corrected chi connectivity index (χ4v) is 2.81. The van der Waals surface area contributed by atoms with Crippen LogP contribution in [0.2, 0.25) is 0 Å². The molecule has 1 aliphatic carbocycles. The smallest absolute Gasteiger partial charge is 0.314 e. The monoisotopic (exact) mass is 265 g/mol. The van der Waals surface area contributed by atoms with E-state index < -0.39 is 12.6 Å². The number of rotatable bonds is 7. The summed E-state index contributed by atoms with van der Waals surface area (Å²) >= 11 is 0. The third kappa shape index (κ3) is 7.24. The molecule has 1 fully saturated rings. The van der Waals surface area contributed by atoms with Crippen LogP contribution in [0.3, 0.4) is 0 Å². The molecule has 1 unspecified atom stereocenters. The van der Waals surface area contributed by atoms with Gasteiger partial charge in [0.2, 0.25) is 0 Å². The van der Waals surface area contributed by atoms with Crippen LogP contribution >= 0.6 is 0 Å². The van der Waals surface area contributed by atoms with E-state index in [1.165, 1.54) is 32.1 Å². The van der Waals surface area contributed by atoms with Gasteiger partial charge in [0.05, 0.1) is 0 Å². The van der Waals surface area contributed by atoms with Crippen molar-refractivity contribution in [2.45, 2.75) is 76.9 Å². The van der Waals surface area contributed by atoms with Gasteiger partial charge in [-0.2, -0.15) is 13.2 Å². The number of halogens is 3. The van der Waals surface area contributed by atoms with Crippen LogP contribution < -0.4 is 5.32 Å². The van der Waals surface area contributed by atoms with E-state index in [2.05, 4.69) is 12.2 Å². The van der Waals surface area contributed by atoms with Crippen LogP contribution in [0.5, 0.6) is 0 Å². The molecule has 1 atom stereocenters. The predicted octanol–water partition coefficient (Wildman–Crippen LogP) is 4.67. The molecule has 0 aliphatic heterocycles. The van der Waals surface area contributed by atoms with Gasteiger partial charge in [0.15, 0.2) is 0 Å². The molecule has 0 heterocycles. The zero-order valence-electron chi connectivity index (χ0n) is 11.4. The van der Waals surface area contributed by atoms with E-state index in [-0.39, 0.29) is 12.5 Å². The van der Waals surface area contributed by atoms with Gasteiger partial charge < -0.3 is 5.32 Å². The van der Waals surface area contributed by atoms with Crippen LogP contribution in [0.25, 0.3) is 0 Å². The molecule has 0 aromatic carbocycles. The SMILES string of the molecule is CCCNC(CCC(F)(F)F)CC1CCCCC1. The first kappa shape index (κ1) is 15.8. The Bertz CT molecular complexity index is 210. The van der Waals surface area contributed by atoms with E-state index in [9.17, 15) is 13.2 Å². The highest BCUT2D eigenvalue weighted by Crippen LogP contribution is 2.30. The molecule has 0 radical (unpaired) electrons. The van der Waals surface area contributed by atoms with Crippen molar-refractivity contribution >= 4 is 0 Å². The number of hydrogen-bond donors (Lipinski definition) is 1. The first-order chi connectivity index (χ1) is 8.51. The van der Waals surface area contributed by atoms with Crippen molar-refractivity contribution in [3.8, 4) is 0 Å². The second-order valence-electron chi connectivity index (χ2n) is 5.54. The molecular weight excluding hydrogens is 239 g/mol. The molecule has 1 nitrogen and oxygen atoms in total. The molecule has 108 valence electrons. The summed E-state index contributed by atoms with van der Waals surface area (Å²) in [4.78, 5) is 0. The van der Waals surface area contributed by atoms with Crippen LogP contribution in [0.4, 0.5) is 13.2 Å². The number of hydrogen-bond acceptors (Lipinski definition) is 1. The standard InChI is InChI=1S/C14H26F3N/c1-2-10-18-13(8-9-14(15,16)17)11-12-6-4-3-5-7-12/h12-13,18H,2-11H2,1H3. The molecule has 1 N–H and O–H groups in total. The predicted molar refractivity (Wildman–Crippen MR) is 68.6 cm³/mol. The Labute approximate surface area is 109 Å². The third-order valence-electron chi connectivity index (χ3n) is 3.80. The molecule has 0 aromatic rings. The largest absolute Gasteiger partial charge is 0.389 e. The van der Waals surface area contributed by atoms with Gasteiger partial charge in [-0.3, -0.25) is 0 Å². The normalized spacial score (nSPS) is 20.0. The summed E-state index contributed by atoms with van der Waals surface area (Å²) in [5.74, 6) is 0.640. The third-order valence-corrected chi connectivity index (χ3v) is 3.80. The van der Waals surface area contributed by atoms with Gasteiger partial charge in [0.25, 0.3) is 0 Å². The highest BCUT2D eigenvalue weighted by atomic mass is 19.4. The maximum atomic E-state index is 12.3. The van der Waals surface area contributed by atoms with Crippen molar-refractivity contribution in [2.75, 3.05) is 6.54 Å². The van der Waals surface area contributed by atoms with Crippen LogP contribution in [0.15, 0.2) is 0 Å². The first-order valence-corrected chi connectivity index (χ1v) is 7.31. The van der Waals surface area contributed by atoms with E-state index in [0.717, 1.165) is 19.4 Å². The van der Waals surface area contributed by atoms with E-state index >= 15 is 0 Å². The zero-order valence-corrected chi connectivity index (χ0v) is 11.4. The lowest BCUT2D eigenvalue weighted by atomic mass is 9.84. The molecule has 0 bridgehead atoms. The van der Waals surface area contributed by atoms with Crippen LogP contribution in [0, 0.1) is 5.92 Å². The summed E-state index contributed by atoms with van der Waals surface area (Å²) in [7, 11) is 0. The Balaban J connectivity index is 2.33. The van der Waals surface area contributed by atoms with Gasteiger partial charge in [-0.25, -0.2) is 0 Å². The average molecular weight is 265 g/mol. The Kier molecular flexibility index (Phi) is 7.05. The summed E-state index contributed by atoms with van der Waals surface area (Å²) in [6, 6.07) is 0.0506. The fourth-order valence-electron chi connectivity index (χ4n) is 2.81. The van der Waals surface area contributed by atoms with Gasteiger partial charge in [-0.1, -0.05) is 39.0 Å². The van der Waals surface area contributed by atoms with E-state index in [1.54, 1.807) is 0 Å². The topological polar surface area (TPSA) is 12.0 Å². The first-order valence-electron chi connectivity index (χ1n) is 7.31. The molecule has 0 saturated heterocycles. The van der Waals surface area contributed by atoms with Crippen molar-refractivity contribution in [1.29, 1.82) is 0 Å². The van der Waals surface area contributed by atoms with Crippen molar-refractivity contribution in [1.82, 2.24) is 5.32 Å². The highest BCUT2D eigenvalue weighted by Gasteiger charge is 2.29. The lowest BCUT2D eigenvalue weighted by molar-refractivity contribution is -0.136. The lowest BCUT2D eigenvalue weighted by Gasteiger charge is -2.27. The Morgan fingerprint density at radius 3 is 2.39 bits per heavy atom. The molecular formula is C14H26F3N. The van der Waals surface area contributed by atoms with E-state index in [0.29, 0.717) is 5.92 Å². The van der Waals surface area contributed by atoms with Gasteiger partial charge in [-0.05, 0) is 31.7 Å². The summed E-state index contributed by atoms with van der Waals surface area (Å²) < 4.78 is 36.9. The van der Waals surface area contributed by atoms with E-state index in [4.69, 9.17) is 0 Å². The van der Waals surface area contributed by atoms with Crippen molar-refractivity contribution in [2.24, 2.45) is 5.92 Å². The molecule has 0 amide bonds. The zero-order chi connectivity index (χ0) is 13.4. The average Bonchev–Trinajstić information content (AvgIpc) is 2.33. The second kappa shape index (κ2) is 8.03. The van der Waals surface area contributed by atoms with Crippen LogP contribution in [0.1, 0.15) is 64.7 Å². The van der Waals surface area contributed by atoms with Gasteiger partial charge >= 0.3 is 6.18 Å². The van der Waals surface area contributed by atoms with Crippen molar-refractivity contribution in [3.63, 3.8) is 0 Å². The minimum Gasteiger partial charge on any atom is -0.314 e. The maximum Gasteiger partial charge on any atom is 0.389 e. The summed E-state index contributed by atoms with van der Waals surface area (Å²) in [6.45, 7) is 2.88. The molecule has 0 spiro atoms. The minimum atomic E-state index is -4.02. The van der Waals surface area contributed by atoms with Gasteiger partial charge in [-0.15, -0.1) is 0 Å². The Hall–Kier alpha value is -0.250. The van der Waals surface area contributed by atoms with Crippen LogP contribution in [-0.4, -0.2) is 18.8 Å². The number of nitrogens with one attached hydrogen (secondary N) is 1. The molecule has 1 aliphatic rings. The second-order valence-corrected chi connectivity index (χ2v) is 5.54. The van der Waals surface area contributed by atoms with Crippen molar-refractivity contribution in [3.05, 3.63) is 0 Å². The number of alkyl halides is 3. The quantitative estimate of drug-likeness (QED) is 0.705. The Morgan fingerprint density at radius 1 is 1.17 bits per heavy atom. The molecule has 18 heavy (non-hydrogen) atoms. The van der Waals surface area contributed by atoms with Gasteiger partial charge in [0, 0.05) is 12.5 Å². The molecule has 1 rings (SSSR count). The summed E-state index contributed by atoms with van der Waals surface area (Å²) in [5.41, 5.74) is 0. The highest BCUT2D eigenvalue weighted by molar-refractivity contribution is 4.75. The summed E-state index contributed by atoms with van der Waals surface area (Å²) in [5, 5.41) is 3.29. The Morgan fingerprint density at radius 2 is 1.83 bits per heavy atom. The molecule has 0 aromatic heterocycles. The van der Waals surface area contributed by atoms with Crippen LogP contribution in [-0.2, 0) is 0 Å². The molecule has 4 heteroatoms. The molecule has 1 saturated carbocycles. The summed E-state index contributed by atoms with van der Waals surface area (Å²) in [6.07, 6.45) is 3.69. The minimum absolute atomic E-state index is 0.0506.